The van der Waals surface area contributed by atoms with Gasteiger partial charge in [0.15, 0.2) is 0 Å². The van der Waals surface area contributed by atoms with Crippen molar-refractivity contribution in [1.29, 1.82) is 0 Å². The summed E-state index contributed by atoms with van der Waals surface area (Å²) >= 11 is 4.67. The summed E-state index contributed by atoms with van der Waals surface area (Å²) in [5.41, 5.74) is 1.73. The zero-order valence-electron chi connectivity index (χ0n) is 14.1. The van der Waals surface area contributed by atoms with Crippen molar-refractivity contribution >= 4 is 44.8 Å². The van der Waals surface area contributed by atoms with Crippen molar-refractivity contribution in [3.05, 3.63) is 69.1 Å². The number of thiophene rings is 1. The van der Waals surface area contributed by atoms with Crippen molar-refractivity contribution in [2.24, 2.45) is 0 Å². The van der Waals surface area contributed by atoms with E-state index in [2.05, 4.69) is 26.3 Å². The second-order valence-electron chi connectivity index (χ2n) is 5.73. The molecule has 0 spiro atoms. The van der Waals surface area contributed by atoms with E-state index in [1.807, 2.05) is 36.4 Å². The zero-order valence-corrected chi connectivity index (χ0v) is 16.5. The molecule has 0 aliphatic rings. The van der Waals surface area contributed by atoms with Crippen LogP contribution in [-0.4, -0.2) is 40.1 Å². The van der Waals surface area contributed by atoms with Gasteiger partial charge in [0.25, 0.3) is 5.91 Å². The fourth-order valence-corrected chi connectivity index (χ4v) is 3.77. The summed E-state index contributed by atoms with van der Waals surface area (Å²) in [6.07, 6.45) is 3.36. The molecule has 0 bridgehead atoms. The third-order valence-electron chi connectivity index (χ3n) is 3.62. The Balaban J connectivity index is 1.54. The quantitative estimate of drug-likeness (QED) is 0.648. The maximum absolute atomic E-state index is 12.3. The molecule has 0 fully saturated rings. The van der Waals surface area contributed by atoms with Crippen LogP contribution < -0.4 is 5.32 Å². The topological polar surface area (TPSA) is 67.2 Å². The number of nitrogens with one attached hydrogen (secondary N) is 1. The zero-order chi connectivity index (χ0) is 18.5. The van der Waals surface area contributed by atoms with Gasteiger partial charge in [0.2, 0.25) is 5.91 Å². The van der Waals surface area contributed by atoms with Crippen LogP contribution in [0.5, 0.6) is 0 Å². The van der Waals surface area contributed by atoms with Crippen LogP contribution in [0.4, 0.5) is 5.69 Å². The molecule has 134 valence electrons. The van der Waals surface area contributed by atoms with E-state index in [1.54, 1.807) is 30.2 Å². The van der Waals surface area contributed by atoms with Gasteiger partial charge in [-0.15, -0.1) is 11.3 Å². The van der Waals surface area contributed by atoms with E-state index < -0.39 is 0 Å². The summed E-state index contributed by atoms with van der Waals surface area (Å²) < 4.78 is 2.63. The van der Waals surface area contributed by atoms with E-state index in [0.717, 1.165) is 9.35 Å². The first-order valence-electron chi connectivity index (χ1n) is 7.88. The summed E-state index contributed by atoms with van der Waals surface area (Å²) in [4.78, 5) is 26.4. The van der Waals surface area contributed by atoms with Crippen LogP contribution in [-0.2, 0) is 11.3 Å². The van der Waals surface area contributed by atoms with E-state index in [4.69, 9.17) is 0 Å². The maximum Gasteiger partial charge on any atom is 0.264 e. The largest absolute Gasteiger partial charge is 0.332 e. The van der Waals surface area contributed by atoms with Gasteiger partial charge >= 0.3 is 0 Å². The molecule has 3 rings (SSSR count). The van der Waals surface area contributed by atoms with E-state index in [0.29, 0.717) is 17.1 Å². The minimum atomic E-state index is -0.268. The average Bonchev–Trinajstić information content (AvgIpc) is 3.24. The highest BCUT2D eigenvalue weighted by molar-refractivity contribution is 9.11. The van der Waals surface area contributed by atoms with Gasteiger partial charge in [-0.05, 0) is 33.6 Å². The standard InChI is InChI=1S/C18H17BrN4O2S/c1-22(18(25)15-7-8-16(19)26-15)12-17(24)21-14-9-20-23(11-14)10-13-5-3-2-4-6-13/h2-9,11H,10,12H2,1H3,(H,21,24). The van der Waals surface area contributed by atoms with Crippen LogP contribution in [0.2, 0.25) is 0 Å². The molecule has 3 aromatic rings. The Morgan fingerprint density at radius 2 is 2.00 bits per heavy atom. The van der Waals surface area contributed by atoms with Gasteiger partial charge in [-0.1, -0.05) is 30.3 Å². The molecule has 2 aromatic heterocycles. The van der Waals surface area contributed by atoms with Gasteiger partial charge in [0.1, 0.15) is 0 Å². The molecule has 26 heavy (non-hydrogen) atoms. The minimum Gasteiger partial charge on any atom is -0.332 e. The molecule has 6 nitrogen and oxygen atoms in total. The summed E-state index contributed by atoms with van der Waals surface area (Å²) in [6, 6.07) is 13.5. The molecule has 1 N–H and O–H groups in total. The van der Waals surface area contributed by atoms with Gasteiger partial charge in [0.05, 0.1) is 33.6 Å². The van der Waals surface area contributed by atoms with Gasteiger partial charge in [-0.25, -0.2) is 0 Å². The third-order valence-corrected chi connectivity index (χ3v) is 5.23. The predicted molar refractivity (Wildman–Crippen MR) is 105 cm³/mol. The lowest BCUT2D eigenvalue weighted by Crippen LogP contribution is -2.34. The molecule has 0 unspecified atom stereocenters. The van der Waals surface area contributed by atoms with Crippen molar-refractivity contribution in [3.63, 3.8) is 0 Å². The Morgan fingerprint density at radius 3 is 2.69 bits per heavy atom. The smallest absolute Gasteiger partial charge is 0.264 e. The summed E-state index contributed by atoms with van der Waals surface area (Å²) in [5, 5.41) is 7.02. The van der Waals surface area contributed by atoms with Crippen molar-refractivity contribution in [1.82, 2.24) is 14.7 Å². The number of aromatic nitrogens is 2. The first-order valence-corrected chi connectivity index (χ1v) is 9.49. The molecular weight excluding hydrogens is 416 g/mol. The number of carbonyl (C=O) groups is 2. The highest BCUT2D eigenvalue weighted by atomic mass is 79.9. The monoisotopic (exact) mass is 432 g/mol. The van der Waals surface area contributed by atoms with E-state index >= 15 is 0 Å². The lowest BCUT2D eigenvalue weighted by molar-refractivity contribution is -0.116. The number of anilines is 1. The van der Waals surface area contributed by atoms with Crippen LogP contribution in [0.1, 0.15) is 15.2 Å². The molecule has 1 aromatic carbocycles. The molecule has 0 aliphatic carbocycles. The Kier molecular flexibility index (Phi) is 5.85. The number of likely N-dealkylation sites (N-methyl/N-ethyl adjacent to an activating group) is 1. The molecule has 8 heteroatoms. The molecule has 0 aliphatic heterocycles. The lowest BCUT2D eigenvalue weighted by Gasteiger charge is -2.15. The van der Waals surface area contributed by atoms with E-state index in [1.165, 1.54) is 16.2 Å². The number of rotatable bonds is 6. The summed E-state index contributed by atoms with van der Waals surface area (Å²) in [5.74, 6) is -0.452. The number of hydrogen-bond donors (Lipinski definition) is 1. The van der Waals surface area contributed by atoms with Gasteiger partial charge < -0.3 is 10.2 Å². The molecule has 2 amide bonds. The average molecular weight is 433 g/mol. The number of halogens is 1. The van der Waals surface area contributed by atoms with Crippen LogP contribution in [0.3, 0.4) is 0 Å². The van der Waals surface area contributed by atoms with E-state index in [9.17, 15) is 9.59 Å². The van der Waals surface area contributed by atoms with Crippen molar-refractivity contribution in [3.8, 4) is 0 Å². The molecular formula is C18H17BrN4O2S. The second kappa shape index (κ2) is 8.29. The first kappa shape index (κ1) is 18.3. The number of carbonyl (C=O) groups excluding carboxylic acids is 2. The maximum atomic E-state index is 12.3. The number of benzene rings is 1. The third kappa shape index (κ3) is 4.80. The first-order chi connectivity index (χ1) is 12.5. The fourth-order valence-electron chi connectivity index (χ4n) is 2.39. The molecule has 0 saturated carbocycles. The minimum absolute atomic E-state index is 0.0295. The van der Waals surface area contributed by atoms with Crippen LogP contribution in [0.25, 0.3) is 0 Å². The molecule has 2 heterocycles. The number of nitrogens with zero attached hydrogens (tertiary/aromatic N) is 3. The van der Waals surface area contributed by atoms with Gasteiger partial charge in [-0.2, -0.15) is 5.10 Å². The highest BCUT2D eigenvalue weighted by Crippen LogP contribution is 2.23. The van der Waals surface area contributed by atoms with Crippen LogP contribution >= 0.6 is 27.3 Å². The fraction of sp³-hybridized carbons (Fsp3) is 0.167. The van der Waals surface area contributed by atoms with Crippen molar-refractivity contribution < 1.29 is 9.59 Å². The summed E-state index contributed by atoms with van der Waals surface area (Å²) in [6.45, 7) is 0.598. The normalized spacial score (nSPS) is 10.5. The molecule has 0 saturated heterocycles. The second-order valence-corrected chi connectivity index (χ2v) is 8.19. The summed E-state index contributed by atoms with van der Waals surface area (Å²) in [7, 11) is 1.61. The Bertz CT molecular complexity index is 907. The predicted octanol–water partition coefficient (Wildman–Crippen LogP) is 3.47. The number of amides is 2. The Hall–Kier alpha value is -2.45. The van der Waals surface area contributed by atoms with Crippen LogP contribution in [0, 0.1) is 0 Å². The Morgan fingerprint density at radius 1 is 1.23 bits per heavy atom. The van der Waals surface area contributed by atoms with Crippen LogP contribution in [0.15, 0.2) is 58.6 Å². The molecule has 0 atom stereocenters. The Labute approximate surface area is 163 Å². The molecule has 0 radical (unpaired) electrons. The van der Waals surface area contributed by atoms with Gasteiger partial charge in [0, 0.05) is 13.2 Å². The van der Waals surface area contributed by atoms with Crippen molar-refractivity contribution in [2.45, 2.75) is 6.54 Å². The SMILES string of the molecule is CN(CC(=O)Nc1cnn(Cc2ccccc2)c1)C(=O)c1ccc(Br)s1. The lowest BCUT2D eigenvalue weighted by atomic mass is 10.2. The number of hydrogen-bond acceptors (Lipinski definition) is 4. The highest BCUT2D eigenvalue weighted by Gasteiger charge is 2.17. The van der Waals surface area contributed by atoms with E-state index in [-0.39, 0.29) is 18.4 Å². The van der Waals surface area contributed by atoms with Gasteiger partial charge in [-0.3, -0.25) is 14.3 Å². The van der Waals surface area contributed by atoms with Crippen molar-refractivity contribution in [2.75, 3.05) is 18.9 Å².